The van der Waals surface area contributed by atoms with Gasteiger partial charge in [-0.05, 0) is 49.4 Å². The van der Waals surface area contributed by atoms with Crippen molar-refractivity contribution in [2.24, 2.45) is 0 Å². The number of hydrogen-bond acceptors (Lipinski definition) is 4. The zero-order valence-corrected chi connectivity index (χ0v) is 14.8. The zero-order valence-electron chi connectivity index (χ0n) is 14.0. The molecule has 0 spiro atoms. The first-order valence-electron chi connectivity index (χ1n) is 7.92. The fourth-order valence-electron chi connectivity index (χ4n) is 2.72. The Labute approximate surface area is 150 Å². The van der Waals surface area contributed by atoms with Crippen molar-refractivity contribution < 1.29 is 14.4 Å². The highest BCUT2D eigenvalue weighted by atomic mass is 32.2. The van der Waals surface area contributed by atoms with E-state index >= 15 is 0 Å². The first kappa shape index (κ1) is 17.2. The number of hydrogen-bond donors (Lipinski definition) is 1. The number of nitrogens with one attached hydrogen (secondary N) is 1. The molecule has 0 saturated carbocycles. The molecule has 1 aliphatic heterocycles. The van der Waals surface area contributed by atoms with Crippen LogP contribution < -0.4 is 10.2 Å². The Bertz CT molecular complexity index is 836. The molecule has 2 aromatic rings. The number of anilines is 2. The van der Waals surface area contributed by atoms with Gasteiger partial charge in [0.25, 0.3) is 5.24 Å². The van der Waals surface area contributed by atoms with Crippen LogP contribution in [0.25, 0.3) is 0 Å². The van der Waals surface area contributed by atoms with E-state index in [9.17, 15) is 14.4 Å². The van der Waals surface area contributed by atoms with Gasteiger partial charge in [-0.15, -0.1) is 0 Å². The fourth-order valence-corrected chi connectivity index (χ4v) is 3.71. The average molecular weight is 354 g/mol. The predicted octanol–water partition coefficient (Wildman–Crippen LogP) is 3.90. The molecule has 1 N–H and O–H groups in total. The van der Waals surface area contributed by atoms with Gasteiger partial charge in [-0.2, -0.15) is 0 Å². The number of thioether (sulfide) groups is 1. The lowest BCUT2D eigenvalue weighted by Crippen LogP contribution is -2.32. The SMILES string of the molecule is Cc1ccc(NC(=O)CC2SC(=O)N(c3ccccc3)C2=O)c(C)c1. The smallest absolute Gasteiger partial charge is 0.293 e. The second-order valence-corrected chi connectivity index (χ2v) is 7.11. The van der Waals surface area contributed by atoms with Crippen LogP contribution in [0.15, 0.2) is 48.5 Å². The fraction of sp³-hybridized carbons (Fsp3) is 0.211. The van der Waals surface area contributed by atoms with Crippen LogP contribution >= 0.6 is 11.8 Å². The second kappa shape index (κ2) is 7.11. The van der Waals surface area contributed by atoms with Crippen LogP contribution in [-0.4, -0.2) is 22.3 Å². The molecule has 1 unspecified atom stereocenters. The highest BCUT2D eigenvalue weighted by Crippen LogP contribution is 2.33. The van der Waals surface area contributed by atoms with Crippen LogP contribution in [0.4, 0.5) is 16.2 Å². The maximum Gasteiger partial charge on any atom is 0.293 e. The van der Waals surface area contributed by atoms with E-state index in [2.05, 4.69) is 5.32 Å². The summed E-state index contributed by atoms with van der Waals surface area (Å²) in [6.45, 7) is 3.90. The molecule has 1 fully saturated rings. The van der Waals surface area contributed by atoms with Crippen LogP contribution in [0.2, 0.25) is 0 Å². The van der Waals surface area contributed by atoms with E-state index in [1.165, 1.54) is 0 Å². The standard InChI is InChI=1S/C19H18N2O3S/c1-12-8-9-15(13(2)10-12)20-17(22)11-16-18(23)21(19(24)25-16)14-6-4-3-5-7-14/h3-10,16H,11H2,1-2H3,(H,20,22). The van der Waals surface area contributed by atoms with Crippen LogP contribution in [0, 0.1) is 13.8 Å². The zero-order chi connectivity index (χ0) is 18.0. The van der Waals surface area contributed by atoms with Crippen molar-refractivity contribution in [1.82, 2.24) is 0 Å². The summed E-state index contributed by atoms with van der Waals surface area (Å²) in [6, 6.07) is 14.5. The van der Waals surface area contributed by atoms with Gasteiger partial charge in [0.2, 0.25) is 11.8 Å². The molecule has 0 bridgehead atoms. The number of rotatable bonds is 4. The Morgan fingerprint density at radius 2 is 1.84 bits per heavy atom. The van der Waals surface area contributed by atoms with Gasteiger partial charge in [0.15, 0.2) is 0 Å². The molecule has 3 rings (SSSR count). The van der Waals surface area contributed by atoms with Gasteiger partial charge in [-0.3, -0.25) is 14.4 Å². The molecule has 1 heterocycles. The quantitative estimate of drug-likeness (QED) is 0.904. The number of carbonyl (C=O) groups is 3. The van der Waals surface area contributed by atoms with Crippen LogP contribution in [0.1, 0.15) is 17.5 Å². The lowest BCUT2D eigenvalue weighted by molar-refractivity contribution is -0.121. The van der Waals surface area contributed by atoms with Gasteiger partial charge in [0.1, 0.15) is 5.25 Å². The Morgan fingerprint density at radius 3 is 2.52 bits per heavy atom. The van der Waals surface area contributed by atoms with Crippen molar-refractivity contribution in [2.45, 2.75) is 25.5 Å². The van der Waals surface area contributed by atoms with Gasteiger partial charge < -0.3 is 5.32 Å². The van der Waals surface area contributed by atoms with E-state index in [1.807, 2.05) is 38.1 Å². The molecule has 1 aliphatic rings. The molecule has 0 radical (unpaired) electrons. The largest absolute Gasteiger partial charge is 0.326 e. The molecule has 2 aromatic carbocycles. The maximum atomic E-state index is 12.5. The van der Waals surface area contributed by atoms with E-state index < -0.39 is 5.25 Å². The number of benzene rings is 2. The second-order valence-electron chi connectivity index (χ2n) is 5.95. The van der Waals surface area contributed by atoms with E-state index in [-0.39, 0.29) is 23.5 Å². The third kappa shape index (κ3) is 3.74. The number of imide groups is 1. The molecule has 128 valence electrons. The minimum absolute atomic E-state index is 0.0358. The van der Waals surface area contributed by atoms with Crippen LogP contribution in [0.3, 0.4) is 0 Å². The third-order valence-electron chi connectivity index (χ3n) is 3.96. The van der Waals surface area contributed by atoms with Gasteiger partial charge in [-0.1, -0.05) is 35.9 Å². The Kier molecular flexibility index (Phi) is 4.90. The molecule has 5 nitrogen and oxygen atoms in total. The van der Waals surface area contributed by atoms with E-state index in [0.717, 1.165) is 33.5 Å². The first-order chi connectivity index (χ1) is 12.0. The molecule has 1 atom stereocenters. The number of carbonyl (C=O) groups excluding carboxylic acids is 3. The van der Waals surface area contributed by atoms with Gasteiger partial charge in [0, 0.05) is 12.1 Å². The molecule has 25 heavy (non-hydrogen) atoms. The summed E-state index contributed by atoms with van der Waals surface area (Å²) in [5, 5.41) is 1.78. The van der Waals surface area contributed by atoms with Crippen molar-refractivity contribution >= 4 is 40.2 Å². The number of amides is 3. The van der Waals surface area contributed by atoms with Crippen LogP contribution in [0.5, 0.6) is 0 Å². The lowest BCUT2D eigenvalue weighted by Gasteiger charge is -2.14. The molecule has 3 amide bonds. The highest BCUT2D eigenvalue weighted by molar-refractivity contribution is 8.15. The van der Waals surface area contributed by atoms with Crippen molar-refractivity contribution in [2.75, 3.05) is 10.2 Å². The predicted molar refractivity (Wildman–Crippen MR) is 99.9 cm³/mol. The summed E-state index contributed by atoms with van der Waals surface area (Å²) in [4.78, 5) is 38.1. The summed E-state index contributed by atoms with van der Waals surface area (Å²) in [5.74, 6) is -0.627. The van der Waals surface area contributed by atoms with Crippen molar-refractivity contribution in [3.8, 4) is 0 Å². The summed E-state index contributed by atoms with van der Waals surface area (Å²) < 4.78 is 0. The average Bonchev–Trinajstić information content (AvgIpc) is 2.85. The van der Waals surface area contributed by atoms with Crippen molar-refractivity contribution in [1.29, 1.82) is 0 Å². The van der Waals surface area contributed by atoms with Gasteiger partial charge in [-0.25, -0.2) is 4.90 Å². The Balaban J connectivity index is 1.68. The molecular weight excluding hydrogens is 336 g/mol. The summed E-state index contributed by atoms with van der Waals surface area (Å²) in [5.41, 5.74) is 3.32. The van der Waals surface area contributed by atoms with E-state index in [0.29, 0.717) is 5.69 Å². The molecule has 0 aliphatic carbocycles. The summed E-state index contributed by atoms with van der Waals surface area (Å²) >= 11 is 0.899. The molecule has 0 aromatic heterocycles. The van der Waals surface area contributed by atoms with Crippen molar-refractivity contribution in [3.63, 3.8) is 0 Å². The van der Waals surface area contributed by atoms with E-state index in [1.54, 1.807) is 24.3 Å². The minimum atomic E-state index is -0.696. The lowest BCUT2D eigenvalue weighted by atomic mass is 10.1. The summed E-state index contributed by atoms with van der Waals surface area (Å²) in [6.07, 6.45) is -0.0358. The molecule has 1 saturated heterocycles. The normalized spacial score (nSPS) is 17.0. The molecule has 6 heteroatoms. The number of nitrogens with zero attached hydrogens (tertiary/aromatic N) is 1. The number of para-hydroxylation sites is 1. The van der Waals surface area contributed by atoms with Gasteiger partial charge >= 0.3 is 0 Å². The number of aryl methyl sites for hydroxylation is 2. The van der Waals surface area contributed by atoms with Crippen LogP contribution in [-0.2, 0) is 9.59 Å². The minimum Gasteiger partial charge on any atom is -0.326 e. The highest BCUT2D eigenvalue weighted by Gasteiger charge is 2.41. The first-order valence-corrected chi connectivity index (χ1v) is 8.80. The Hall–Kier alpha value is -2.60. The van der Waals surface area contributed by atoms with Crippen molar-refractivity contribution in [3.05, 3.63) is 59.7 Å². The van der Waals surface area contributed by atoms with E-state index in [4.69, 9.17) is 0 Å². The van der Waals surface area contributed by atoms with Gasteiger partial charge in [0.05, 0.1) is 5.69 Å². The molecular formula is C19H18N2O3S. The third-order valence-corrected chi connectivity index (χ3v) is 5.00. The summed E-state index contributed by atoms with van der Waals surface area (Å²) in [7, 11) is 0. The Morgan fingerprint density at radius 1 is 1.12 bits per heavy atom. The monoisotopic (exact) mass is 354 g/mol. The maximum absolute atomic E-state index is 12.5. The topological polar surface area (TPSA) is 66.5 Å².